The average molecular weight is 467 g/mol. The van der Waals surface area contributed by atoms with E-state index in [1.807, 2.05) is 19.1 Å². The van der Waals surface area contributed by atoms with Crippen LogP contribution in [-0.2, 0) is 12.6 Å². The van der Waals surface area contributed by atoms with E-state index in [1.165, 1.54) is 24.3 Å². The van der Waals surface area contributed by atoms with Gasteiger partial charge in [-0.05, 0) is 25.5 Å². The Hall–Kier alpha value is -3.08. The maximum atomic E-state index is 13.6. The number of nitrogens with zero attached hydrogens (tertiary/aromatic N) is 4. The number of carbonyl (C=O) groups excluding carboxylic acids is 2. The number of rotatable bonds is 5. The van der Waals surface area contributed by atoms with Gasteiger partial charge in [0.1, 0.15) is 5.82 Å². The summed E-state index contributed by atoms with van der Waals surface area (Å²) in [6.45, 7) is 2.92. The van der Waals surface area contributed by atoms with Crippen LogP contribution in [-0.4, -0.2) is 75.3 Å². The van der Waals surface area contributed by atoms with Crippen LogP contribution in [0.1, 0.15) is 34.6 Å². The Bertz CT molecular complexity index is 994. The smallest absolute Gasteiger partial charge is 0.374 e. The molecule has 3 rings (SSSR count). The van der Waals surface area contributed by atoms with E-state index >= 15 is 0 Å². The summed E-state index contributed by atoms with van der Waals surface area (Å²) in [4.78, 5) is 32.1. The SMILES string of the molecule is Cc1cccc(C(=O)N2CCCN(C(=O)NCCC(O)(c3nccn3C)C(F)(F)F)CC2)c1. The van der Waals surface area contributed by atoms with Crippen LogP contribution in [0, 0.1) is 6.92 Å². The normalized spacial score (nSPS) is 16.8. The maximum Gasteiger partial charge on any atom is 0.424 e. The summed E-state index contributed by atoms with van der Waals surface area (Å²) in [5.74, 6) is -0.657. The monoisotopic (exact) mass is 467 g/mol. The van der Waals surface area contributed by atoms with E-state index in [0.29, 0.717) is 31.6 Å². The van der Waals surface area contributed by atoms with Crippen molar-refractivity contribution in [3.05, 3.63) is 53.6 Å². The zero-order chi connectivity index (χ0) is 24.2. The van der Waals surface area contributed by atoms with Crippen molar-refractivity contribution in [2.24, 2.45) is 7.05 Å². The van der Waals surface area contributed by atoms with Gasteiger partial charge < -0.3 is 24.8 Å². The molecule has 1 atom stereocenters. The first-order valence-corrected chi connectivity index (χ1v) is 10.7. The van der Waals surface area contributed by atoms with Crippen molar-refractivity contribution in [1.29, 1.82) is 0 Å². The number of hydrogen-bond acceptors (Lipinski definition) is 4. The molecule has 0 bridgehead atoms. The van der Waals surface area contributed by atoms with Gasteiger partial charge in [-0.15, -0.1) is 0 Å². The van der Waals surface area contributed by atoms with Gasteiger partial charge in [0.2, 0.25) is 5.60 Å². The van der Waals surface area contributed by atoms with Crippen molar-refractivity contribution in [3.8, 4) is 0 Å². The molecular weight excluding hydrogens is 439 g/mol. The summed E-state index contributed by atoms with van der Waals surface area (Å²) in [5.41, 5.74) is -1.64. The molecule has 0 saturated carbocycles. The molecule has 33 heavy (non-hydrogen) atoms. The minimum atomic E-state index is -4.96. The van der Waals surface area contributed by atoms with E-state index in [1.54, 1.807) is 17.0 Å². The third-order valence-corrected chi connectivity index (χ3v) is 5.76. The predicted octanol–water partition coefficient (Wildman–Crippen LogP) is 2.43. The van der Waals surface area contributed by atoms with E-state index in [9.17, 15) is 27.9 Å². The first-order valence-electron chi connectivity index (χ1n) is 10.7. The topological polar surface area (TPSA) is 90.7 Å². The lowest BCUT2D eigenvalue weighted by atomic mass is 9.97. The average Bonchev–Trinajstić information content (AvgIpc) is 3.04. The number of alkyl halides is 3. The van der Waals surface area contributed by atoms with E-state index < -0.39 is 36.6 Å². The highest BCUT2D eigenvalue weighted by Crippen LogP contribution is 2.40. The van der Waals surface area contributed by atoms with Crippen LogP contribution in [0.3, 0.4) is 0 Å². The molecule has 2 aromatic rings. The van der Waals surface area contributed by atoms with Gasteiger partial charge in [-0.3, -0.25) is 4.79 Å². The van der Waals surface area contributed by atoms with E-state index in [-0.39, 0.29) is 12.5 Å². The largest absolute Gasteiger partial charge is 0.424 e. The number of carbonyl (C=O) groups is 2. The number of imidazole rings is 1. The number of aliphatic hydroxyl groups is 1. The van der Waals surface area contributed by atoms with Gasteiger partial charge in [-0.25, -0.2) is 9.78 Å². The molecule has 1 aliphatic heterocycles. The van der Waals surface area contributed by atoms with Gasteiger partial charge in [-0.2, -0.15) is 13.2 Å². The summed E-state index contributed by atoms with van der Waals surface area (Å²) >= 11 is 0. The molecule has 2 N–H and O–H groups in total. The third kappa shape index (κ3) is 5.47. The predicted molar refractivity (Wildman–Crippen MR) is 114 cm³/mol. The maximum absolute atomic E-state index is 13.6. The summed E-state index contributed by atoms with van der Waals surface area (Å²) in [5, 5.41) is 12.8. The number of urea groups is 1. The lowest BCUT2D eigenvalue weighted by Crippen LogP contribution is -2.48. The second-order valence-corrected chi connectivity index (χ2v) is 8.20. The molecule has 1 unspecified atom stereocenters. The standard InChI is InChI=1S/C22H28F3N5O3/c1-16-5-3-6-17(15-16)18(31)29-10-4-11-30(14-13-29)20(32)27-8-7-21(33,22(23,24)25)19-26-9-12-28(19)2/h3,5-6,9,12,15,33H,4,7-8,10-11,13-14H2,1-2H3,(H,27,32). The fraction of sp³-hybridized carbons (Fsp3) is 0.500. The van der Waals surface area contributed by atoms with Crippen molar-refractivity contribution in [1.82, 2.24) is 24.7 Å². The Morgan fingerprint density at radius 1 is 1.15 bits per heavy atom. The molecule has 0 radical (unpaired) electrons. The van der Waals surface area contributed by atoms with E-state index in [0.717, 1.165) is 10.1 Å². The summed E-state index contributed by atoms with van der Waals surface area (Å²) in [6.07, 6.45) is -2.71. The molecule has 1 aliphatic rings. The van der Waals surface area contributed by atoms with Gasteiger partial charge in [-0.1, -0.05) is 17.7 Å². The molecular formula is C22H28F3N5O3. The minimum absolute atomic E-state index is 0.119. The van der Waals surface area contributed by atoms with Crippen LogP contribution in [0.4, 0.5) is 18.0 Å². The first-order chi connectivity index (χ1) is 15.5. The fourth-order valence-corrected chi connectivity index (χ4v) is 3.89. The van der Waals surface area contributed by atoms with Crippen LogP contribution in [0.2, 0.25) is 0 Å². The van der Waals surface area contributed by atoms with Crippen LogP contribution in [0.5, 0.6) is 0 Å². The minimum Gasteiger partial charge on any atom is -0.374 e. The Morgan fingerprint density at radius 3 is 2.48 bits per heavy atom. The molecule has 11 heteroatoms. The highest BCUT2D eigenvalue weighted by atomic mass is 19.4. The molecule has 1 aromatic heterocycles. The van der Waals surface area contributed by atoms with Crippen molar-refractivity contribution >= 4 is 11.9 Å². The van der Waals surface area contributed by atoms with Gasteiger partial charge in [0, 0.05) is 64.1 Å². The van der Waals surface area contributed by atoms with Gasteiger partial charge in [0.25, 0.3) is 5.91 Å². The second kappa shape index (κ2) is 9.82. The Labute approximate surface area is 190 Å². The summed E-state index contributed by atoms with van der Waals surface area (Å²) < 4.78 is 41.9. The lowest BCUT2D eigenvalue weighted by molar-refractivity contribution is -0.272. The quantitative estimate of drug-likeness (QED) is 0.707. The van der Waals surface area contributed by atoms with Gasteiger partial charge in [0.15, 0.2) is 0 Å². The van der Waals surface area contributed by atoms with Gasteiger partial charge in [0.05, 0.1) is 0 Å². The molecule has 2 heterocycles. The highest BCUT2D eigenvalue weighted by Gasteiger charge is 2.57. The van der Waals surface area contributed by atoms with Crippen molar-refractivity contribution in [2.75, 3.05) is 32.7 Å². The number of hydrogen-bond donors (Lipinski definition) is 2. The number of amides is 3. The molecule has 0 spiro atoms. The fourth-order valence-electron chi connectivity index (χ4n) is 3.89. The Morgan fingerprint density at radius 2 is 1.85 bits per heavy atom. The second-order valence-electron chi connectivity index (χ2n) is 8.20. The van der Waals surface area contributed by atoms with Crippen molar-refractivity contribution < 1.29 is 27.9 Å². The summed E-state index contributed by atoms with van der Waals surface area (Å²) in [6, 6.07) is 6.73. The van der Waals surface area contributed by atoms with Crippen molar-refractivity contribution in [3.63, 3.8) is 0 Å². The van der Waals surface area contributed by atoms with Crippen LogP contribution in [0.15, 0.2) is 36.7 Å². The van der Waals surface area contributed by atoms with E-state index in [4.69, 9.17) is 0 Å². The van der Waals surface area contributed by atoms with Crippen LogP contribution in [0.25, 0.3) is 0 Å². The number of halogens is 3. The zero-order valence-corrected chi connectivity index (χ0v) is 18.6. The van der Waals surface area contributed by atoms with Crippen LogP contribution >= 0.6 is 0 Å². The molecule has 0 aliphatic carbocycles. The van der Waals surface area contributed by atoms with Gasteiger partial charge >= 0.3 is 12.2 Å². The van der Waals surface area contributed by atoms with E-state index in [2.05, 4.69) is 10.3 Å². The number of aromatic nitrogens is 2. The molecule has 180 valence electrons. The number of aryl methyl sites for hydroxylation is 2. The lowest BCUT2D eigenvalue weighted by Gasteiger charge is -2.30. The zero-order valence-electron chi connectivity index (χ0n) is 18.6. The molecule has 1 fully saturated rings. The summed E-state index contributed by atoms with van der Waals surface area (Å²) in [7, 11) is 1.36. The molecule has 1 aromatic carbocycles. The first kappa shape index (κ1) is 24.6. The Kier molecular flexibility index (Phi) is 7.31. The molecule has 1 saturated heterocycles. The van der Waals surface area contributed by atoms with Crippen molar-refractivity contribution in [2.45, 2.75) is 31.5 Å². The van der Waals surface area contributed by atoms with Crippen LogP contribution < -0.4 is 5.32 Å². The third-order valence-electron chi connectivity index (χ3n) is 5.76. The molecule has 8 nitrogen and oxygen atoms in total. The highest BCUT2D eigenvalue weighted by molar-refractivity contribution is 5.94. The number of benzene rings is 1. The Balaban J connectivity index is 1.56. The molecule has 3 amide bonds. The number of nitrogens with one attached hydrogen (secondary N) is 1.